The lowest BCUT2D eigenvalue weighted by Crippen LogP contribution is -1.97. The van der Waals surface area contributed by atoms with Gasteiger partial charge in [0.2, 0.25) is 0 Å². The largest absolute Gasteiger partial charge is 0.291 e. The van der Waals surface area contributed by atoms with Crippen molar-refractivity contribution in [2.45, 2.75) is 4.90 Å². The standard InChI is InChI=1S/C7H5NOS/c9-5-4-10-6-2-1-3-8-7(5)6/h1-3H,4H2. The van der Waals surface area contributed by atoms with Crippen molar-refractivity contribution in [3.05, 3.63) is 24.0 Å². The molecule has 0 spiro atoms. The number of Topliss-reactive ketones (excluding diaryl/α,β-unsaturated/α-hetero) is 1. The Balaban J connectivity index is 2.61. The molecular weight excluding hydrogens is 146 g/mol. The van der Waals surface area contributed by atoms with Crippen LogP contribution in [0, 0.1) is 0 Å². The van der Waals surface area contributed by atoms with Crippen molar-refractivity contribution in [1.29, 1.82) is 0 Å². The Morgan fingerprint density at radius 3 is 3.30 bits per heavy atom. The van der Waals surface area contributed by atoms with E-state index >= 15 is 0 Å². The lowest BCUT2D eigenvalue weighted by atomic mass is 10.3. The molecule has 0 unspecified atom stereocenters. The van der Waals surface area contributed by atoms with E-state index in [-0.39, 0.29) is 5.78 Å². The van der Waals surface area contributed by atoms with Gasteiger partial charge in [0.25, 0.3) is 0 Å². The second kappa shape index (κ2) is 2.09. The molecule has 1 aromatic rings. The Hall–Kier alpha value is -0.830. The topological polar surface area (TPSA) is 30.0 Å². The van der Waals surface area contributed by atoms with E-state index in [9.17, 15) is 4.79 Å². The second-order valence-corrected chi connectivity index (χ2v) is 3.08. The van der Waals surface area contributed by atoms with E-state index < -0.39 is 0 Å². The Morgan fingerprint density at radius 2 is 2.50 bits per heavy atom. The van der Waals surface area contributed by atoms with Crippen LogP contribution in [-0.4, -0.2) is 16.5 Å². The van der Waals surface area contributed by atoms with E-state index in [1.165, 1.54) is 0 Å². The van der Waals surface area contributed by atoms with Crippen LogP contribution in [0.4, 0.5) is 0 Å². The summed E-state index contributed by atoms with van der Waals surface area (Å²) in [6, 6.07) is 3.78. The normalized spacial score (nSPS) is 15.4. The SMILES string of the molecule is O=C1CSc2cccnc21. The molecule has 0 fully saturated rings. The van der Waals surface area contributed by atoms with Gasteiger partial charge in [0.1, 0.15) is 5.69 Å². The molecule has 2 rings (SSSR count). The lowest BCUT2D eigenvalue weighted by Gasteiger charge is -1.89. The minimum absolute atomic E-state index is 0.153. The molecule has 3 heteroatoms. The first kappa shape index (κ1) is 5.92. The summed E-state index contributed by atoms with van der Waals surface area (Å²) in [6.07, 6.45) is 1.66. The molecule has 0 aromatic carbocycles. The fraction of sp³-hybridized carbons (Fsp3) is 0.143. The van der Waals surface area contributed by atoms with Crippen LogP contribution in [0.25, 0.3) is 0 Å². The van der Waals surface area contributed by atoms with Gasteiger partial charge in [-0.05, 0) is 12.1 Å². The highest BCUT2D eigenvalue weighted by Crippen LogP contribution is 2.28. The quantitative estimate of drug-likeness (QED) is 0.561. The molecular formula is C7H5NOS. The van der Waals surface area contributed by atoms with E-state index in [1.807, 2.05) is 12.1 Å². The highest BCUT2D eigenvalue weighted by Gasteiger charge is 2.20. The van der Waals surface area contributed by atoms with Crippen LogP contribution >= 0.6 is 11.8 Å². The highest BCUT2D eigenvalue weighted by molar-refractivity contribution is 8.00. The predicted molar refractivity (Wildman–Crippen MR) is 39.3 cm³/mol. The molecule has 1 aliphatic rings. The van der Waals surface area contributed by atoms with Crippen LogP contribution in [-0.2, 0) is 0 Å². The number of rotatable bonds is 0. The van der Waals surface area contributed by atoms with Crippen LogP contribution < -0.4 is 0 Å². The van der Waals surface area contributed by atoms with E-state index in [2.05, 4.69) is 4.98 Å². The van der Waals surface area contributed by atoms with Crippen molar-refractivity contribution in [3.63, 3.8) is 0 Å². The molecule has 1 aliphatic heterocycles. The number of carbonyl (C=O) groups is 1. The number of fused-ring (bicyclic) bond motifs is 1. The van der Waals surface area contributed by atoms with Gasteiger partial charge in [-0.1, -0.05) is 0 Å². The maximum Gasteiger partial charge on any atom is 0.192 e. The molecule has 0 saturated carbocycles. The fourth-order valence-electron chi connectivity index (χ4n) is 0.928. The van der Waals surface area contributed by atoms with Gasteiger partial charge in [0.05, 0.1) is 5.75 Å². The number of hydrogen-bond donors (Lipinski definition) is 0. The van der Waals surface area contributed by atoms with Gasteiger partial charge in [0.15, 0.2) is 5.78 Å². The van der Waals surface area contributed by atoms with Gasteiger partial charge >= 0.3 is 0 Å². The van der Waals surface area contributed by atoms with E-state index in [0.29, 0.717) is 11.4 Å². The highest BCUT2D eigenvalue weighted by atomic mass is 32.2. The first-order valence-corrected chi connectivity index (χ1v) is 3.97. The van der Waals surface area contributed by atoms with Crippen LogP contribution in [0.15, 0.2) is 23.2 Å². The zero-order valence-corrected chi connectivity index (χ0v) is 6.02. The molecule has 10 heavy (non-hydrogen) atoms. The second-order valence-electron chi connectivity index (χ2n) is 2.06. The van der Waals surface area contributed by atoms with Gasteiger partial charge < -0.3 is 0 Å². The number of nitrogens with zero attached hydrogens (tertiary/aromatic N) is 1. The number of pyridine rings is 1. The lowest BCUT2D eigenvalue weighted by molar-refractivity contribution is 0.101. The molecule has 0 radical (unpaired) electrons. The maximum absolute atomic E-state index is 11.0. The summed E-state index contributed by atoms with van der Waals surface area (Å²) in [4.78, 5) is 16.0. The summed E-state index contributed by atoms with van der Waals surface area (Å²) in [6.45, 7) is 0. The smallest absolute Gasteiger partial charge is 0.192 e. The van der Waals surface area contributed by atoms with Gasteiger partial charge in [-0.2, -0.15) is 0 Å². The molecule has 0 atom stereocenters. The molecule has 0 bridgehead atoms. The van der Waals surface area contributed by atoms with Crippen LogP contribution in [0.5, 0.6) is 0 Å². The average molecular weight is 151 g/mol. The van der Waals surface area contributed by atoms with Crippen LogP contribution in [0.1, 0.15) is 10.5 Å². The zero-order valence-electron chi connectivity index (χ0n) is 5.20. The minimum Gasteiger partial charge on any atom is -0.291 e. The first-order valence-electron chi connectivity index (χ1n) is 2.99. The molecule has 0 aliphatic carbocycles. The summed E-state index contributed by atoms with van der Waals surface area (Å²) in [7, 11) is 0. The third kappa shape index (κ3) is 0.743. The van der Waals surface area contributed by atoms with Crippen molar-refractivity contribution in [3.8, 4) is 0 Å². The minimum atomic E-state index is 0.153. The summed E-state index contributed by atoms with van der Waals surface area (Å²) in [5.41, 5.74) is 0.646. The van der Waals surface area contributed by atoms with Crippen molar-refractivity contribution in [2.75, 3.05) is 5.75 Å². The van der Waals surface area contributed by atoms with Gasteiger partial charge in [-0.15, -0.1) is 11.8 Å². The number of aromatic nitrogens is 1. The van der Waals surface area contributed by atoms with E-state index in [4.69, 9.17) is 0 Å². The molecule has 2 nitrogen and oxygen atoms in total. The van der Waals surface area contributed by atoms with Gasteiger partial charge in [-0.25, -0.2) is 0 Å². The third-order valence-corrected chi connectivity index (χ3v) is 2.44. The summed E-state index contributed by atoms with van der Waals surface area (Å²) in [5, 5.41) is 0. The summed E-state index contributed by atoms with van der Waals surface area (Å²) >= 11 is 1.56. The van der Waals surface area contributed by atoms with Crippen molar-refractivity contribution >= 4 is 17.5 Å². The van der Waals surface area contributed by atoms with Gasteiger partial charge in [-0.3, -0.25) is 9.78 Å². The van der Waals surface area contributed by atoms with Gasteiger partial charge in [0, 0.05) is 11.1 Å². The van der Waals surface area contributed by atoms with Crippen molar-refractivity contribution < 1.29 is 4.79 Å². The third-order valence-electron chi connectivity index (χ3n) is 1.39. The zero-order chi connectivity index (χ0) is 6.97. The Morgan fingerprint density at radius 1 is 1.60 bits per heavy atom. The Bertz CT molecular complexity index is 285. The maximum atomic E-state index is 11.0. The molecule has 2 heterocycles. The van der Waals surface area contributed by atoms with Crippen LogP contribution in [0.2, 0.25) is 0 Å². The predicted octanol–water partition coefficient (Wildman–Crippen LogP) is 1.37. The molecule has 0 N–H and O–H groups in total. The average Bonchev–Trinajstić information content (AvgIpc) is 2.34. The van der Waals surface area contributed by atoms with E-state index in [1.54, 1.807) is 18.0 Å². The number of hydrogen-bond acceptors (Lipinski definition) is 3. The molecule has 0 saturated heterocycles. The molecule has 50 valence electrons. The molecule has 0 amide bonds. The summed E-state index contributed by atoms with van der Waals surface area (Å²) in [5.74, 6) is 0.715. The monoisotopic (exact) mass is 151 g/mol. The number of thioether (sulfide) groups is 1. The van der Waals surface area contributed by atoms with Crippen molar-refractivity contribution in [2.24, 2.45) is 0 Å². The fourth-order valence-corrected chi connectivity index (χ4v) is 1.83. The first-order chi connectivity index (χ1) is 4.88. The van der Waals surface area contributed by atoms with Crippen LogP contribution in [0.3, 0.4) is 0 Å². The van der Waals surface area contributed by atoms with Crippen molar-refractivity contribution in [1.82, 2.24) is 4.98 Å². The Labute approximate surface area is 62.7 Å². The number of carbonyl (C=O) groups excluding carboxylic acids is 1. The number of ketones is 1. The molecule has 1 aromatic heterocycles. The van der Waals surface area contributed by atoms with E-state index in [0.717, 1.165) is 4.90 Å². The summed E-state index contributed by atoms with van der Waals surface area (Å²) < 4.78 is 0. The Kier molecular flexibility index (Phi) is 1.24.